The van der Waals surface area contributed by atoms with Crippen molar-refractivity contribution in [3.05, 3.63) is 76.0 Å². The van der Waals surface area contributed by atoms with E-state index < -0.39 is 6.97 Å². The number of aryl methyl sites for hydroxylation is 3. The lowest BCUT2D eigenvalue weighted by Crippen LogP contribution is -2.51. The molecule has 0 spiro atoms. The average molecular weight is 418 g/mol. The van der Waals surface area contributed by atoms with Crippen molar-refractivity contribution in [2.45, 2.75) is 34.6 Å². The maximum atomic E-state index is 15.7. The van der Waals surface area contributed by atoms with Crippen LogP contribution in [0.1, 0.15) is 42.2 Å². The quantitative estimate of drug-likeness (QED) is 0.589. The van der Waals surface area contributed by atoms with Crippen molar-refractivity contribution in [2.75, 3.05) is 0 Å². The van der Waals surface area contributed by atoms with Crippen molar-refractivity contribution in [2.24, 2.45) is 0 Å². The smallest absolute Gasteiger partial charge is 0.393 e. The molecule has 0 amide bonds. The van der Waals surface area contributed by atoms with Crippen LogP contribution in [0.25, 0.3) is 17.0 Å². The Balaban J connectivity index is 1.82. The van der Waals surface area contributed by atoms with Crippen molar-refractivity contribution >= 4 is 18.3 Å². The second kappa shape index (κ2) is 6.50. The summed E-state index contributed by atoms with van der Waals surface area (Å²) in [5, 5.41) is 16.2. The standard InChI is InChI=1S/C22H21BF2N6/c1-12-9-14(3)30-20(12)19(21-13(2)10-15(4)31(21)23(30,24)25)17-7-6-8-18(11-17)22-28-26-16(5)27-29-22/h6-11H,1-5H3. The minimum absolute atomic E-state index is 0.393. The highest BCUT2D eigenvalue weighted by Gasteiger charge is 2.55. The topological polar surface area (TPSA) is 59.5 Å². The molecule has 0 bridgehead atoms. The first-order valence-corrected chi connectivity index (χ1v) is 10.1. The number of nitrogens with zero attached hydrogens (tertiary/aromatic N) is 6. The zero-order valence-corrected chi connectivity index (χ0v) is 18.0. The summed E-state index contributed by atoms with van der Waals surface area (Å²) >= 11 is 0. The van der Waals surface area contributed by atoms with Gasteiger partial charge in [0.15, 0.2) is 11.5 Å². The van der Waals surface area contributed by atoms with Gasteiger partial charge in [0.25, 0.3) is 0 Å². The molecule has 5 rings (SSSR count). The lowest BCUT2D eigenvalue weighted by atomic mass is 9.83. The Morgan fingerprint density at radius 1 is 0.903 bits per heavy atom. The summed E-state index contributed by atoms with van der Waals surface area (Å²) in [5.41, 5.74) is 6.14. The molecule has 0 saturated heterocycles. The molecule has 2 aliphatic rings. The third-order valence-electron chi connectivity index (χ3n) is 5.92. The van der Waals surface area contributed by atoms with Crippen LogP contribution in [0.2, 0.25) is 0 Å². The van der Waals surface area contributed by atoms with Crippen LogP contribution < -0.4 is 0 Å². The molecule has 4 heterocycles. The molecule has 2 aliphatic heterocycles. The first kappa shape index (κ1) is 19.5. The number of hydrogen-bond donors (Lipinski definition) is 0. The predicted octanol–water partition coefficient (Wildman–Crippen LogP) is 4.09. The van der Waals surface area contributed by atoms with Crippen molar-refractivity contribution < 1.29 is 13.1 Å². The summed E-state index contributed by atoms with van der Waals surface area (Å²) in [5.74, 6) is 0.879. The lowest BCUT2D eigenvalue weighted by molar-refractivity contribution is -0.363. The van der Waals surface area contributed by atoms with Gasteiger partial charge in [-0.3, -0.25) is 0 Å². The molecule has 0 atom stereocenters. The van der Waals surface area contributed by atoms with E-state index in [9.17, 15) is 0 Å². The largest absolute Gasteiger partial charge is 0.737 e. The SMILES string of the molecule is CC1=CC(C)=[N+]2C1=C(c1cccc(-c3nnc(C)nn3)c1)c1c(C)cc(C)n1[B-]2(F)F. The van der Waals surface area contributed by atoms with Gasteiger partial charge in [-0.1, -0.05) is 18.2 Å². The number of benzene rings is 1. The fourth-order valence-electron chi connectivity index (χ4n) is 4.78. The third-order valence-corrected chi connectivity index (χ3v) is 5.92. The van der Waals surface area contributed by atoms with Crippen molar-refractivity contribution in [1.29, 1.82) is 0 Å². The Labute approximate surface area is 178 Å². The average Bonchev–Trinajstić information content (AvgIpc) is 3.19. The van der Waals surface area contributed by atoms with Gasteiger partial charge in [0.1, 0.15) is 5.71 Å². The van der Waals surface area contributed by atoms with E-state index in [2.05, 4.69) is 20.4 Å². The Kier molecular flexibility index (Phi) is 4.09. The zero-order valence-electron chi connectivity index (χ0n) is 18.0. The molecule has 0 N–H and O–H groups in total. The summed E-state index contributed by atoms with van der Waals surface area (Å²) in [6.07, 6.45) is 1.82. The molecule has 0 saturated carbocycles. The Hall–Kier alpha value is -3.49. The highest BCUT2D eigenvalue weighted by Crippen LogP contribution is 2.44. The fourth-order valence-corrected chi connectivity index (χ4v) is 4.78. The van der Waals surface area contributed by atoms with Gasteiger partial charge in [0, 0.05) is 29.8 Å². The van der Waals surface area contributed by atoms with Crippen LogP contribution in [0.15, 0.2) is 47.7 Å². The van der Waals surface area contributed by atoms with Crippen LogP contribution in [0.4, 0.5) is 8.63 Å². The molecule has 31 heavy (non-hydrogen) atoms. The van der Waals surface area contributed by atoms with Crippen LogP contribution in [0, 0.1) is 20.8 Å². The number of allylic oxidation sites excluding steroid dienone is 2. The summed E-state index contributed by atoms with van der Waals surface area (Å²) in [6.45, 7) is 4.95. The normalized spacial score (nSPS) is 17.1. The number of rotatable bonds is 2. The van der Waals surface area contributed by atoms with Gasteiger partial charge in [0.2, 0.25) is 5.82 Å². The van der Waals surface area contributed by atoms with Crippen LogP contribution in [-0.2, 0) is 0 Å². The van der Waals surface area contributed by atoms with Crippen LogP contribution in [-0.4, -0.2) is 42.0 Å². The van der Waals surface area contributed by atoms with E-state index in [1.54, 1.807) is 20.8 Å². The molecule has 3 aromatic rings. The van der Waals surface area contributed by atoms with Crippen molar-refractivity contribution in [1.82, 2.24) is 24.9 Å². The lowest BCUT2D eigenvalue weighted by Gasteiger charge is -2.34. The minimum atomic E-state index is -4.00. The van der Waals surface area contributed by atoms with Gasteiger partial charge >= 0.3 is 6.97 Å². The molecule has 9 heteroatoms. The summed E-state index contributed by atoms with van der Waals surface area (Å²) in [7, 11) is 0. The fraction of sp³-hybridized carbons (Fsp3) is 0.227. The highest BCUT2D eigenvalue weighted by atomic mass is 19.2. The number of aromatic nitrogens is 5. The first-order chi connectivity index (χ1) is 14.7. The van der Waals surface area contributed by atoms with E-state index >= 15 is 8.63 Å². The van der Waals surface area contributed by atoms with Crippen LogP contribution in [0.3, 0.4) is 0 Å². The molecule has 0 fully saturated rings. The van der Waals surface area contributed by atoms with E-state index in [1.165, 1.54) is 8.96 Å². The van der Waals surface area contributed by atoms with E-state index in [-0.39, 0.29) is 0 Å². The first-order valence-electron chi connectivity index (χ1n) is 10.1. The number of halogens is 2. The highest BCUT2D eigenvalue weighted by molar-refractivity contribution is 6.58. The second-order valence-electron chi connectivity index (χ2n) is 8.19. The maximum Gasteiger partial charge on any atom is 0.737 e. The van der Waals surface area contributed by atoms with E-state index in [1.807, 2.05) is 50.3 Å². The van der Waals surface area contributed by atoms with E-state index in [0.29, 0.717) is 34.4 Å². The van der Waals surface area contributed by atoms with Gasteiger partial charge in [0.05, 0.1) is 5.57 Å². The molecule has 0 unspecified atom stereocenters. The summed E-state index contributed by atoms with van der Waals surface area (Å²) < 4.78 is 33.9. The molecule has 156 valence electrons. The summed E-state index contributed by atoms with van der Waals surface area (Å²) in [6, 6.07) is 9.42. The summed E-state index contributed by atoms with van der Waals surface area (Å²) in [4.78, 5) is 0. The van der Waals surface area contributed by atoms with Gasteiger partial charge in [-0.25, -0.2) is 0 Å². The molecule has 2 aromatic heterocycles. The molecule has 0 radical (unpaired) electrons. The Morgan fingerprint density at radius 3 is 2.29 bits per heavy atom. The minimum Gasteiger partial charge on any atom is -0.393 e. The molecular formula is C22H21BF2N6. The van der Waals surface area contributed by atoms with Crippen LogP contribution >= 0.6 is 0 Å². The van der Waals surface area contributed by atoms with Gasteiger partial charge in [-0.2, -0.15) is 0 Å². The molecule has 0 aliphatic carbocycles. The molecule has 6 nitrogen and oxygen atoms in total. The number of hydrogen-bond acceptors (Lipinski definition) is 4. The second-order valence-corrected chi connectivity index (χ2v) is 8.19. The van der Waals surface area contributed by atoms with Crippen LogP contribution in [0.5, 0.6) is 0 Å². The van der Waals surface area contributed by atoms with E-state index in [4.69, 9.17) is 0 Å². The van der Waals surface area contributed by atoms with Gasteiger partial charge in [-0.05, 0) is 56.6 Å². The maximum absolute atomic E-state index is 15.7. The zero-order chi connectivity index (χ0) is 22.1. The third kappa shape index (κ3) is 2.72. The van der Waals surface area contributed by atoms with Crippen molar-refractivity contribution in [3.8, 4) is 11.4 Å². The van der Waals surface area contributed by atoms with Gasteiger partial charge < -0.3 is 17.6 Å². The Morgan fingerprint density at radius 2 is 1.58 bits per heavy atom. The Bertz CT molecular complexity index is 1350. The van der Waals surface area contributed by atoms with Crippen molar-refractivity contribution in [3.63, 3.8) is 0 Å². The van der Waals surface area contributed by atoms with E-state index in [0.717, 1.165) is 27.8 Å². The molecular weight excluding hydrogens is 397 g/mol. The van der Waals surface area contributed by atoms with Gasteiger partial charge in [-0.15, -0.1) is 20.4 Å². The number of fused-ring (bicyclic) bond motifs is 2. The monoisotopic (exact) mass is 418 g/mol. The molecule has 1 aromatic carbocycles. The predicted molar refractivity (Wildman–Crippen MR) is 116 cm³/mol.